The smallest absolute Gasteiger partial charge is 0.161 e. The van der Waals surface area contributed by atoms with E-state index in [9.17, 15) is 13.9 Å². The third-order valence-electron chi connectivity index (χ3n) is 6.31. The first-order chi connectivity index (χ1) is 13.4. The maximum absolute atomic E-state index is 13.9. The molecule has 2 aromatic carbocycles. The van der Waals surface area contributed by atoms with Crippen LogP contribution in [-0.4, -0.2) is 11.7 Å². The summed E-state index contributed by atoms with van der Waals surface area (Å²) in [4.78, 5) is 0. The molecule has 0 radical (unpaired) electrons. The standard InChI is InChI=1S/C22H25ClF2N2O/c1-13-9-15(23)7-8-16(13)22(17(12-28)14-5-3-2-4-6-14)26-20-10-18(24)19(25)11-21(20)27-22/h7-11,14,17,26-28H,2-6,12H2,1H3. The first-order valence-corrected chi connectivity index (χ1v) is 10.3. The predicted octanol–water partition coefficient (Wildman–Crippen LogP) is 5.81. The lowest BCUT2D eigenvalue weighted by molar-refractivity contribution is 0.100. The van der Waals surface area contributed by atoms with Gasteiger partial charge >= 0.3 is 0 Å². The van der Waals surface area contributed by atoms with E-state index in [1.54, 1.807) is 0 Å². The van der Waals surface area contributed by atoms with Crippen molar-refractivity contribution >= 4 is 23.0 Å². The monoisotopic (exact) mass is 406 g/mol. The molecule has 1 saturated carbocycles. The Labute approximate surface area is 169 Å². The Morgan fingerprint density at radius 3 is 2.21 bits per heavy atom. The molecule has 3 N–H and O–H groups in total. The summed E-state index contributed by atoms with van der Waals surface area (Å²) in [6.45, 7) is 1.93. The number of rotatable bonds is 4. The lowest BCUT2D eigenvalue weighted by Gasteiger charge is -2.44. The molecule has 0 saturated heterocycles. The van der Waals surface area contributed by atoms with Crippen LogP contribution in [0.3, 0.4) is 0 Å². The maximum atomic E-state index is 13.9. The van der Waals surface area contributed by atoms with Crippen LogP contribution in [0.1, 0.15) is 43.2 Å². The molecule has 150 valence electrons. The molecule has 1 aliphatic carbocycles. The summed E-state index contributed by atoms with van der Waals surface area (Å²) in [5.41, 5.74) is 2.03. The molecule has 1 aliphatic heterocycles. The molecule has 3 nitrogen and oxygen atoms in total. The van der Waals surface area contributed by atoms with Gasteiger partial charge in [0.1, 0.15) is 5.66 Å². The van der Waals surface area contributed by atoms with Crippen molar-refractivity contribution in [2.75, 3.05) is 17.2 Å². The number of aliphatic hydroxyl groups excluding tert-OH is 1. The highest BCUT2D eigenvalue weighted by atomic mass is 35.5. The summed E-state index contributed by atoms with van der Waals surface area (Å²) in [6.07, 6.45) is 5.53. The molecule has 1 unspecified atom stereocenters. The molecule has 6 heteroatoms. The summed E-state index contributed by atoms with van der Waals surface area (Å²) in [5.74, 6) is -1.64. The normalized spacial score (nSPS) is 19.6. The van der Waals surface area contributed by atoms with Crippen molar-refractivity contribution in [3.05, 3.63) is 58.1 Å². The summed E-state index contributed by atoms with van der Waals surface area (Å²) < 4.78 is 27.8. The van der Waals surface area contributed by atoms with E-state index in [0.717, 1.165) is 36.8 Å². The van der Waals surface area contributed by atoms with Crippen molar-refractivity contribution in [2.45, 2.75) is 44.7 Å². The molecule has 2 aliphatic rings. The first kappa shape index (κ1) is 19.5. The fraction of sp³-hybridized carbons (Fsp3) is 0.455. The van der Waals surface area contributed by atoms with Gasteiger partial charge in [-0.2, -0.15) is 0 Å². The zero-order valence-electron chi connectivity index (χ0n) is 15.9. The predicted molar refractivity (Wildman–Crippen MR) is 109 cm³/mol. The molecule has 0 aromatic heterocycles. The van der Waals surface area contributed by atoms with Gasteiger partial charge in [0.25, 0.3) is 0 Å². The van der Waals surface area contributed by atoms with Gasteiger partial charge in [0.15, 0.2) is 11.6 Å². The van der Waals surface area contributed by atoms with E-state index in [-0.39, 0.29) is 12.5 Å². The zero-order chi connectivity index (χ0) is 19.9. The van der Waals surface area contributed by atoms with Crippen molar-refractivity contribution < 1.29 is 13.9 Å². The maximum Gasteiger partial charge on any atom is 0.161 e. The van der Waals surface area contributed by atoms with E-state index in [2.05, 4.69) is 10.6 Å². The number of nitrogens with one attached hydrogen (secondary N) is 2. The van der Waals surface area contributed by atoms with Crippen molar-refractivity contribution in [3.8, 4) is 0 Å². The number of fused-ring (bicyclic) bond motifs is 1. The van der Waals surface area contributed by atoms with Crippen LogP contribution in [0.15, 0.2) is 30.3 Å². The number of halogens is 3. The number of anilines is 2. The molecule has 1 atom stereocenters. The summed E-state index contributed by atoms with van der Waals surface area (Å²) in [6, 6.07) is 7.98. The van der Waals surface area contributed by atoms with Gasteiger partial charge in [0.2, 0.25) is 0 Å². The average Bonchev–Trinajstić information content (AvgIpc) is 3.02. The average molecular weight is 407 g/mol. The van der Waals surface area contributed by atoms with Crippen LogP contribution in [0.2, 0.25) is 5.02 Å². The van der Waals surface area contributed by atoms with Gasteiger partial charge in [-0.1, -0.05) is 36.9 Å². The molecule has 1 heterocycles. The zero-order valence-corrected chi connectivity index (χ0v) is 16.6. The van der Waals surface area contributed by atoms with Crippen LogP contribution in [0.5, 0.6) is 0 Å². The number of aliphatic hydroxyl groups is 1. The van der Waals surface area contributed by atoms with E-state index in [1.165, 1.54) is 18.6 Å². The SMILES string of the molecule is Cc1cc(Cl)ccc1C1(C(CO)C2CCCCC2)Nc2cc(F)c(F)cc2N1. The van der Waals surface area contributed by atoms with Crippen LogP contribution < -0.4 is 10.6 Å². The quantitative estimate of drug-likeness (QED) is 0.600. The third-order valence-corrected chi connectivity index (χ3v) is 6.54. The van der Waals surface area contributed by atoms with Crippen molar-refractivity contribution in [2.24, 2.45) is 11.8 Å². The van der Waals surface area contributed by atoms with E-state index >= 15 is 0 Å². The summed E-state index contributed by atoms with van der Waals surface area (Å²) in [5, 5.41) is 17.9. The molecular weight excluding hydrogens is 382 g/mol. The van der Waals surface area contributed by atoms with Gasteiger partial charge in [0, 0.05) is 28.6 Å². The van der Waals surface area contributed by atoms with Gasteiger partial charge in [-0.15, -0.1) is 0 Å². The Balaban J connectivity index is 1.84. The van der Waals surface area contributed by atoms with Crippen LogP contribution in [-0.2, 0) is 5.66 Å². The highest BCUT2D eigenvalue weighted by molar-refractivity contribution is 6.30. The molecular formula is C22H25ClF2N2O. The van der Waals surface area contributed by atoms with Gasteiger partial charge in [-0.3, -0.25) is 0 Å². The van der Waals surface area contributed by atoms with E-state index in [1.807, 2.05) is 25.1 Å². The number of hydrogen-bond acceptors (Lipinski definition) is 3. The van der Waals surface area contributed by atoms with Gasteiger partial charge < -0.3 is 15.7 Å². The third kappa shape index (κ3) is 3.25. The molecule has 4 rings (SSSR count). The Bertz CT molecular complexity index is 852. The highest BCUT2D eigenvalue weighted by Crippen LogP contribution is 2.49. The number of hydrogen-bond donors (Lipinski definition) is 3. The number of aryl methyl sites for hydroxylation is 1. The van der Waals surface area contributed by atoms with E-state index < -0.39 is 17.3 Å². The Morgan fingerprint density at radius 1 is 1.07 bits per heavy atom. The lowest BCUT2D eigenvalue weighted by atomic mass is 9.71. The minimum atomic E-state index is -0.894. The molecule has 1 fully saturated rings. The van der Waals surface area contributed by atoms with Crippen LogP contribution in [0.4, 0.5) is 20.2 Å². The molecule has 0 bridgehead atoms. The van der Waals surface area contributed by atoms with Crippen LogP contribution in [0, 0.1) is 30.4 Å². The second-order valence-electron chi connectivity index (χ2n) is 8.02. The highest BCUT2D eigenvalue weighted by Gasteiger charge is 2.48. The second-order valence-corrected chi connectivity index (χ2v) is 8.45. The summed E-state index contributed by atoms with van der Waals surface area (Å²) >= 11 is 6.17. The molecule has 28 heavy (non-hydrogen) atoms. The minimum Gasteiger partial charge on any atom is -0.396 e. The summed E-state index contributed by atoms with van der Waals surface area (Å²) in [7, 11) is 0. The van der Waals surface area contributed by atoms with Crippen molar-refractivity contribution in [1.82, 2.24) is 0 Å². The molecule has 0 spiro atoms. The minimum absolute atomic E-state index is 0.0360. The fourth-order valence-electron chi connectivity index (χ4n) is 4.98. The fourth-order valence-corrected chi connectivity index (χ4v) is 5.20. The largest absolute Gasteiger partial charge is 0.396 e. The van der Waals surface area contributed by atoms with Gasteiger partial charge in [-0.25, -0.2) is 8.78 Å². The van der Waals surface area contributed by atoms with Gasteiger partial charge in [0.05, 0.1) is 18.0 Å². The Morgan fingerprint density at radius 2 is 1.68 bits per heavy atom. The Kier molecular flexibility index (Phi) is 5.23. The lowest BCUT2D eigenvalue weighted by Crippen LogP contribution is -2.51. The molecule has 2 aromatic rings. The second kappa shape index (κ2) is 7.53. The van der Waals surface area contributed by atoms with Crippen molar-refractivity contribution in [1.29, 1.82) is 0 Å². The number of benzene rings is 2. The van der Waals surface area contributed by atoms with Crippen LogP contribution in [0.25, 0.3) is 0 Å². The van der Waals surface area contributed by atoms with Gasteiger partial charge in [-0.05, 0) is 43.4 Å². The Hall–Kier alpha value is -1.85. The van der Waals surface area contributed by atoms with E-state index in [4.69, 9.17) is 11.6 Å². The van der Waals surface area contributed by atoms with E-state index in [0.29, 0.717) is 22.3 Å². The molecule has 0 amide bonds. The topological polar surface area (TPSA) is 44.3 Å². The van der Waals surface area contributed by atoms with Crippen LogP contribution >= 0.6 is 11.6 Å². The first-order valence-electron chi connectivity index (χ1n) is 9.87. The van der Waals surface area contributed by atoms with Crippen molar-refractivity contribution in [3.63, 3.8) is 0 Å².